The van der Waals surface area contributed by atoms with Crippen LogP contribution in [0.4, 0.5) is 11.4 Å². The van der Waals surface area contributed by atoms with Crippen LogP contribution in [-0.2, 0) is 0 Å². The van der Waals surface area contributed by atoms with Crippen molar-refractivity contribution >= 4 is 28.3 Å². The zero-order valence-corrected chi connectivity index (χ0v) is 15.7. The minimum Gasteiger partial charge on any atom is -0.496 e. The van der Waals surface area contributed by atoms with E-state index >= 15 is 0 Å². The summed E-state index contributed by atoms with van der Waals surface area (Å²) in [4.78, 5) is 33.1. The van der Waals surface area contributed by atoms with Crippen molar-refractivity contribution in [2.45, 2.75) is 31.1 Å². The number of benzene rings is 2. The van der Waals surface area contributed by atoms with Crippen LogP contribution < -0.4 is 10.1 Å². The number of aromatic nitrogens is 2. The molecule has 2 atom stereocenters. The third kappa shape index (κ3) is 2.88. The maximum absolute atomic E-state index is 12.7. The molecule has 29 heavy (non-hydrogen) atoms. The Morgan fingerprint density at radius 3 is 2.52 bits per heavy atom. The van der Waals surface area contributed by atoms with Crippen LogP contribution in [0.25, 0.3) is 11.0 Å². The number of ether oxygens (including phenoxy) is 1. The zero-order chi connectivity index (χ0) is 20.1. The highest BCUT2D eigenvalue weighted by atomic mass is 16.6. The summed E-state index contributed by atoms with van der Waals surface area (Å²) in [6.07, 6.45) is 3.46. The fourth-order valence-corrected chi connectivity index (χ4v) is 4.39. The molecule has 5 rings (SSSR count). The van der Waals surface area contributed by atoms with Crippen LogP contribution in [0.2, 0.25) is 0 Å². The van der Waals surface area contributed by atoms with E-state index in [1.807, 2.05) is 0 Å². The fourth-order valence-electron chi connectivity index (χ4n) is 4.39. The van der Waals surface area contributed by atoms with Crippen LogP contribution in [0.5, 0.6) is 5.75 Å². The van der Waals surface area contributed by atoms with Gasteiger partial charge in [-0.2, -0.15) is 0 Å². The van der Waals surface area contributed by atoms with Gasteiger partial charge in [0.2, 0.25) is 0 Å². The summed E-state index contributed by atoms with van der Waals surface area (Å²) in [6.45, 7) is 0. The summed E-state index contributed by atoms with van der Waals surface area (Å²) in [5, 5.41) is 14.0. The number of carbonyl (C=O) groups excluding carboxylic acids is 1. The molecular weight excluding hydrogens is 372 g/mol. The number of nitro benzene ring substituents is 1. The number of fused-ring (bicyclic) bond motifs is 6. The minimum absolute atomic E-state index is 0.109. The number of methoxy groups -OCH3 is 1. The summed E-state index contributed by atoms with van der Waals surface area (Å²) < 4.78 is 5.02. The zero-order valence-electron chi connectivity index (χ0n) is 15.7. The first-order valence-corrected chi connectivity index (χ1v) is 9.49. The van der Waals surface area contributed by atoms with E-state index in [0.717, 1.165) is 29.7 Å². The summed E-state index contributed by atoms with van der Waals surface area (Å²) >= 11 is 0. The van der Waals surface area contributed by atoms with Gasteiger partial charge in [0.15, 0.2) is 0 Å². The minimum atomic E-state index is -0.553. The Morgan fingerprint density at radius 1 is 1.10 bits per heavy atom. The molecule has 1 heterocycles. The highest BCUT2D eigenvalue weighted by Crippen LogP contribution is 2.51. The van der Waals surface area contributed by atoms with Crippen LogP contribution in [0.1, 0.15) is 52.8 Å². The molecule has 3 aromatic rings. The second-order valence-electron chi connectivity index (χ2n) is 7.50. The first-order valence-electron chi connectivity index (χ1n) is 9.49. The van der Waals surface area contributed by atoms with Crippen molar-refractivity contribution in [1.29, 1.82) is 0 Å². The van der Waals surface area contributed by atoms with Gasteiger partial charge in [0.25, 0.3) is 11.6 Å². The SMILES string of the molecule is COc1ccc(NC(=O)c2ccc3nc4c(nc3c2)C2CCC4C2)c([N+](=O)[O-])c1. The average Bonchev–Trinajstić information content (AvgIpc) is 3.34. The topological polar surface area (TPSA) is 107 Å². The Kier molecular flexibility index (Phi) is 3.94. The number of nitro groups is 1. The Labute approximate surface area is 166 Å². The molecule has 2 aliphatic carbocycles. The number of hydrogen-bond donors (Lipinski definition) is 1. The average molecular weight is 390 g/mol. The third-order valence-electron chi connectivity index (χ3n) is 5.84. The lowest BCUT2D eigenvalue weighted by molar-refractivity contribution is -0.384. The lowest BCUT2D eigenvalue weighted by atomic mass is 10.00. The van der Waals surface area contributed by atoms with E-state index in [2.05, 4.69) is 5.32 Å². The van der Waals surface area contributed by atoms with Crippen LogP contribution in [0.15, 0.2) is 36.4 Å². The molecule has 8 nitrogen and oxygen atoms in total. The van der Waals surface area contributed by atoms with Gasteiger partial charge in [-0.15, -0.1) is 0 Å². The third-order valence-corrected chi connectivity index (χ3v) is 5.84. The van der Waals surface area contributed by atoms with Crippen LogP contribution in [0.3, 0.4) is 0 Å². The number of hydrogen-bond acceptors (Lipinski definition) is 6. The van der Waals surface area contributed by atoms with Gasteiger partial charge in [-0.1, -0.05) is 0 Å². The molecule has 1 N–H and O–H groups in total. The normalized spacial score (nSPS) is 19.2. The molecule has 1 fully saturated rings. The molecule has 2 aromatic carbocycles. The van der Waals surface area contributed by atoms with Crippen LogP contribution in [-0.4, -0.2) is 27.9 Å². The number of rotatable bonds is 4. The summed E-state index contributed by atoms with van der Waals surface area (Å²) in [5.74, 6) is 0.902. The molecule has 0 spiro atoms. The van der Waals surface area contributed by atoms with Gasteiger partial charge < -0.3 is 10.1 Å². The molecule has 146 valence electrons. The van der Waals surface area contributed by atoms with Crippen molar-refractivity contribution in [3.8, 4) is 5.75 Å². The van der Waals surface area contributed by atoms with E-state index < -0.39 is 10.8 Å². The first kappa shape index (κ1) is 17.5. The monoisotopic (exact) mass is 390 g/mol. The molecule has 1 aromatic heterocycles. The van der Waals surface area contributed by atoms with Crippen molar-refractivity contribution in [2.24, 2.45) is 0 Å². The van der Waals surface area contributed by atoms with Crippen molar-refractivity contribution < 1.29 is 14.5 Å². The van der Waals surface area contributed by atoms with E-state index in [1.54, 1.807) is 24.3 Å². The standard InChI is InChI=1S/C21H18N4O4/c1-29-14-5-7-16(18(10-14)25(27)28)24-21(26)13-4-6-15-17(9-13)23-20-12-3-2-11(8-12)19(20)22-15/h4-7,9-12H,2-3,8H2,1H3,(H,24,26). The highest BCUT2D eigenvalue weighted by molar-refractivity contribution is 6.07. The van der Waals surface area contributed by atoms with E-state index in [0.29, 0.717) is 28.7 Å². The maximum Gasteiger partial charge on any atom is 0.296 e. The summed E-state index contributed by atoms with van der Waals surface area (Å²) in [7, 11) is 1.43. The largest absolute Gasteiger partial charge is 0.496 e. The number of amides is 1. The molecule has 1 amide bonds. The Balaban J connectivity index is 1.47. The fraction of sp³-hybridized carbons (Fsp3) is 0.286. The van der Waals surface area contributed by atoms with E-state index in [9.17, 15) is 14.9 Å². The summed E-state index contributed by atoms with van der Waals surface area (Å²) in [5.41, 5.74) is 3.87. The van der Waals surface area contributed by atoms with E-state index in [4.69, 9.17) is 14.7 Å². The smallest absolute Gasteiger partial charge is 0.296 e. The Morgan fingerprint density at radius 2 is 1.83 bits per heavy atom. The maximum atomic E-state index is 12.7. The number of nitrogens with one attached hydrogen (secondary N) is 1. The first-order chi connectivity index (χ1) is 14.0. The second-order valence-corrected chi connectivity index (χ2v) is 7.50. The number of anilines is 1. The van der Waals surface area contributed by atoms with Gasteiger partial charge >= 0.3 is 0 Å². The highest BCUT2D eigenvalue weighted by Gasteiger charge is 2.39. The quantitative estimate of drug-likeness (QED) is 0.529. The lowest BCUT2D eigenvalue weighted by Gasteiger charge is -2.14. The molecule has 2 unspecified atom stereocenters. The molecule has 8 heteroatoms. The van der Waals surface area contributed by atoms with Gasteiger partial charge in [-0.05, 0) is 49.6 Å². The Hall–Kier alpha value is -3.55. The van der Waals surface area contributed by atoms with Crippen molar-refractivity contribution in [3.05, 3.63) is 63.5 Å². The van der Waals surface area contributed by atoms with E-state index in [1.165, 1.54) is 25.7 Å². The Bertz CT molecular complexity index is 1180. The van der Waals surface area contributed by atoms with Crippen LogP contribution in [0, 0.1) is 10.1 Å². The molecule has 0 saturated heterocycles. The van der Waals surface area contributed by atoms with Crippen molar-refractivity contribution in [1.82, 2.24) is 9.97 Å². The molecule has 0 aliphatic heterocycles. The van der Waals surface area contributed by atoms with Gasteiger partial charge in [0.05, 0.1) is 40.5 Å². The van der Waals surface area contributed by atoms with Gasteiger partial charge in [-0.3, -0.25) is 14.9 Å². The predicted octanol–water partition coefficient (Wildman–Crippen LogP) is 4.16. The molecular formula is C21H18N4O4. The molecule has 2 aliphatic rings. The van der Waals surface area contributed by atoms with Crippen molar-refractivity contribution in [3.63, 3.8) is 0 Å². The number of nitrogens with zero attached hydrogens (tertiary/aromatic N) is 3. The predicted molar refractivity (Wildman–Crippen MR) is 106 cm³/mol. The summed E-state index contributed by atoms with van der Waals surface area (Å²) in [6, 6.07) is 9.44. The second kappa shape index (κ2) is 6.51. The van der Waals surface area contributed by atoms with Crippen LogP contribution >= 0.6 is 0 Å². The van der Waals surface area contributed by atoms with Crippen molar-refractivity contribution in [2.75, 3.05) is 12.4 Å². The van der Waals surface area contributed by atoms with Gasteiger partial charge in [0, 0.05) is 17.4 Å². The lowest BCUT2D eigenvalue weighted by Crippen LogP contribution is -2.13. The van der Waals surface area contributed by atoms with Gasteiger partial charge in [0.1, 0.15) is 11.4 Å². The molecule has 0 radical (unpaired) electrons. The number of carbonyl (C=O) groups is 1. The van der Waals surface area contributed by atoms with E-state index in [-0.39, 0.29) is 11.4 Å². The molecule has 2 bridgehead atoms. The van der Waals surface area contributed by atoms with Gasteiger partial charge in [-0.25, -0.2) is 9.97 Å². The molecule has 1 saturated carbocycles.